The maximum atomic E-state index is 12.3. The number of carbonyl (C=O) groups is 2. The molecule has 0 aliphatic carbocycles. The molecule has 126 valence electrons. The van der Waals surface area contributed by atoms with Gasteiger partial charge in [0.1, 0.15) is 5.82 Å². The van der Waals surface area contributed by atoms with Crippen LogP contribution < -0.4 is 16.0 Å². The monoisotopic (exact) mass is 402 g/mol. The second-order valence-electron chi connectivity index (χ2n) is 4.63. The molecule has 0 unspecified atom stereocenters. The van der Waals surface area contributed by atoms with E-state index in [2.05, 4.69) is 36.9 Å². The molecule has 2 amide bonds. The van der Waals surface area contributed by atoms with Gasteiger partial charge in [0.05, 0.1) is 12.2 Å². The van der Waals surface area contributed by atoms with Gasteiger partial charge in [-0.15, -0.1) is 0 Å². The smallest absolute Gasteiger partial charge is 0.413 e. The van der Waals surface area contributed by atoms with Crippen molar-refractivity contribution >= 4 is 51.1 Å². The Labute approximate surface area is 148 Å². The Morgan fingerprint density at radius 2 is 2.13 bits per heavy atom. The average molecular weight is 403 g/mol. The zero-order valence-electron chi connectivity index (χ0n) is 13.1. The summed E-state index contributed by atoms with van der Waals surface area (Å²) in [6, 6.07) is 1.65. The van der Waals surface area contributed by atoms with Crippen molar-refractivity contribution in [2.45, 2.75) is 33.2 Å². The molecule has 1 atom stereocenters. The van der Waals surface area contributed by atoms with Crippen molar-refractivity contribution in [1.82, 2.24) is 15.6 Å². The number of pyridine rings is 1. The molecule has 1 heterocycles. The van der Waals surface area contributed by atoms with Gasteiger partial charge in [0.25, 0.3) is 5.91 Å². The molecule has 7 nitrogen and oxygen atoms in total. The van der Waals surface area contributed by atoms with Crippen LogP contribution in [0.15, 0.2) is 16.7 Å². The minimum absolute atomic E-state index is 0.00383. The van der Waals surface area contributed by atoms with Gasteiger partial charge >= 0.3 is 6.09 Å². The molecule has 0 radical (unpaired) electrons. The summed E-state index contributed by atoms with van der Waals surface area (Å²) in [5.41, 5.74) is 0.313. The first-order chi connectivity index (χ1) is 10.9. The van der Waals surface area contributed by atoms with E-state index in [0.717, 1.165) is 6.42 Å². The highest BCUT2D eigenvalue weighted by Crippen LogP contribution is 2.18. The molecule has 0 fully saturated rings. The Kier molecular flexibility index (Phi) is 7.90. The first kappa shape index (κ1) is 19.3. The summed E-state index contributed by atoms with van der Waals surface area (Å²) >= 11 is 8.29. The van der Waals surface area contributed by atoms with Crippen molar-refractivity contribution in [2.75, 3.05) is 11.9 Å². The number of nitrogens with zero attached hydrogens (tertiary/aromatic N) is 1. The highest BCUT2D eigenvalue weighted by Gasteiger charge is 2.16. The van der Waals surface area contributed by atoms with Gasteiger partial charge in [-0.25, -0.2) is 9.78 Å². The van der Waals surface area contributed by atoms with E-state index >= 15 is 0 Å². The lowest BCUT2D eigenvalue weighted by atomic mass is 10.2. The van der Waals surface area contributed by atoms with Crippen molar-refractivity contribution in [3.05, 3.63) is 22.3 Å². The molecule has 1 rings (SSSR count). The van der Waals surface area contributed by atoms with E-state index in [9.17, 15) is 9.59 Å². The Morgan fingerprint density at radius 3 is 2.74 bits per heavy atom. The Bertz CT molecular complexity index is 597. The second kappa shape index (κ2) is 9.41. The Hall–Kier alpha value is -1.74. The predicted molar refractivity (Wildman–Crippen MR) is 95.5 cm³/mol. The summed E-state index contributed by atoms with van der Waals surface area (Å²) in [4.78, 5) is 27.8. The van der Waals surface area contributed by atoms with E-state index in [1.165, 1.54) is 6.20 Å². The van der Waals surface area contributed by atoms with Gasteiger partial charge in [-0.05, 0) is 54.5 Å². The molecule has 0 aliphatic heterocycles. The highest BCUT2D eigenvalue weighted by atomic mass is 79.9. The number of nitrogens with one attached hydrogen (secondary N) is 3. The van der Waals surface area contributed by atoms with E-state index < -0.39 is 6.09 Å². The average Bonchev–Trinajstić information content (AvgIpc) is 2.48. The molecule has 1 aromatic heterocycles. The Balaban J connectivity index is 2.88. The number of amides is 2. The maximum Gasteiger partial charge on any atom is 0.413 e. The van der Waals surface area contributed by atoms with Gasteiger partial charge in [0.15, 0.2) is 5.11 Å². The van der Waals surface area contributed by atoms with Crippen LogP contribution in [0.1, 0.15) is 37.6 Å². The normalized spacial score (nSPS) is 11.3. The highest BCUT2D eigenvalue weighted by molar-refractivity contribution is 9.10. The molecule has 0 saturated carbocycles. The molecule has 3 N–H and O–H groups in total. The van der Waals surface area contributed by atoms with E-state index in [1.807, 2.05) is 13.8 Å². The third-order valence-corrected chi connectivity index (χ3v) is 3.45. The van der Waals surface area contributed by atoms with Gasteiger partial charge in [-0.1, -0.05) is 6.92 Å². The van der Waals surface area contributed by atoms with Gasteiger partial charge in [-0.2, -0.15) is 0 Å². The summed E-state index contributed by atoms with van der Waals surface area (Å²) < 4.78 is 5.38. The SMILES string of the molecule is CCOC(=O)NC(=S)Nc1ncc(Br)cc1C(=O)N[C@@H](C)CC. The lowest BCUT2D eigenvalue weighted by molar-refractivity contribution is 0.0939. The molecule has 1 aromatic rings. The minimum Gasteiger partial charge on any atom is -0.450 e. The summed E-state index contributed by atoms with van der Waals surface area (Å²) in [6.45, 7) is 5.79. The number of aromatic nitrogens is 1. The van der Waals surface area contributed by atoms with Crippen LogP contribution in [0.3, 0.4) is 0 Å². The van der Waals surface area contributed by atoms with Crippen LogP contribution in [0, 0.1) is 0 Å². The zero-order chi connectivity index (χ0) is 17.4. The number of halogens is 1. The standard InChI is InChI=1S/C14H19BrN4O3S/c1-4-8(3)17-12(20)10-6-9(15)7-16-11(10)18-13(23)19-14(21)22-5-2/h6-8H,4-5H2,1-3H3,(H,17,20)(H2,16,18,19,21,23)/t8-/m0/s1. The zero-order valence-corrected chi connectivity index (χ0v) is 15.5. The maximum absolute atomic E-state index is 12.3. The van der Waals surface area contributed by atoms with Crippen LogP contribution in [-0.4, -0.2) is 34.7 Å². The van der Waals surface area contributed by atoms with Gasteiger partial charge in [0, 0.05) is 16.7 Å². The lowest BCUT2D eigenvalue weighted by Crippen LogP contribution is -2.36. The third kappa shape index (κ3) is 6.49. The first-order valence-corrected chi connectivity index (χ1v) is 8.28. The van der Waals surface area contributed by atoms with E-state index in [4.69, 9.17) is 17.0 Å². The number of ether oxygens (including phenoxy) is 1. The quantitative estimate of drug-likeness (QED) is 0.655. The fraction of sp³-hybridized carbons (Fsp3) is 0.429. The Morgan fingerprint density at radius 1 is 1.43 bits per heavy atom. The molecule has 0 aromatic carbocycles. The molecular formula is C14H19BrN4O3S. The van der Waals surface area contributed by atoms with Crippen LogP contribution in [0.25, 0.3) is 0 Å². The van der Waals surface area contributed by atoms with Gasteiger partial charge in [-0.3, -0.25) is 10.1 Å². The second-order valence-corrected chi connectivity index (χ2v) is 5.96. The van der Waals surface area contributed by atoms with Crippen LogP contribution in [0.2, 0.25) is 0 Å². The molecule has 23 heavy (non-hydrogen) atoms. The van der Waals surface area contributed by atoms with Crippen molar-refractivity contribution in [2.24, 2.45) is 0 Å². The van der Waals surface area contributed by atoms with E-state index in [-0.39, 0.29) is 29.5 Å². The van der Waals surface area contributed by atoms with Gasteiger partial charge < -0.3 is 15.4 Å². The van der Waals surface area contributed by atoms with Crippen LogP contribution in [-0.2, 0) is 4.74 Å². The molecule has 0 saturated heterocycles. The summed E-state index contributed by atoms with van der Waals surface area (Å²) in [5.74, 6) is -0.0367. The fourth-order valence-electron chi connectivity index (χ4n) is 1.51. The van der Waals surface area contributed by atoms with Crippen molar-refractivity contribution in [1.29, 1.82) is 0 Å². The number of hydrogen-bond acceptors (Lipinski definition) is 5. The first-order valence-electron chi connectivity index (χ1n) is 7.08. The van der Waals surface area contributed by atoms with E-state index in [1.54, 1.807) is 13.0 Å². The van der Waals surface area contributed by atoms with Crippen LogP contribution >= 0.6 is 28.1 Å². The van der Waals surface area contributed by atoms with Crippen molar-refractivity contribution < 1.29 is 14.3 Å². The van der Waals surface area contributed by atoms with E-state index in [0.29, 0.717) is 10.0 Å². The summed E-state index contributed by atoms with van der Waals surface area (Å²) in [5, 5.41) is 7.91. The number of anilines is 1. The number of alkyl carbamates (subject to hydrolysis) is 1. The largest absolute Gasteiger partial charge is 0.450 e. The molecular weight excluding hydrogens is 384 g/mol. The van der Waals surface area contributed by atoms with Gasteiger partial charge in [0.2, 0.25) is 0 Å². The number of thiocarbonyl (C=S) groups is 1. The van der Waals surface area contributed by atoms with Crippen molar-refractivity contribution in [3.63, 3.8) is 0 Å². The minimum atomic E-state index is -0.673. The number of carbonyl (C=O) groups excluding carboxylic acids is 2. The van der Waals surface area contributed by atoms with Crippen LogP contribution in [0.4, 0.5) is 10.6 Å². The van der Waals surface area contributed by atoms with Crippen molar-refractivity contribution in [3.8, 4) is 0 Å². The summed E-state index contributed by atoms with van der Waals surface area (Å²) in [7, 11) is 0. The fourth-order valence-corrected chi connectivity index (χ4v) is 2.03. The van der Waals surface area contributed by atoms with Crippen LogP contribution in [0.5, 0.6) is 0 Å². The molecule has 0 bridgehead atoms. The molecule has 9 heteroatoms. The number of rotatable bonds is 5. The topological polar surface area (TPSA) is 92.3 Å². The lowest BCUT2D eigenvalue weighted by Gasteiger charge is -2.15. The number of hydrogen-bond donors (Lipinski definition) is 3. The predicted octanol–water partition coefficient (Wildman–Crippen LogP) is 2.82. The molecule has 0 aliphatic rings. The summed E-state index contributed by atoms with van der Waals surface area (Å²) in [6.07, 6.45) is 1.65. The molecule has 0 spiro atoms. The third-order valence-electron chi connectivity index (χ3n) is 2.81.